The average Bonchev–Trinajstić information content (AvgIpc) is 3.36. The molecule has 2 atom stereocenters. The number of likely N-dealkylation sites (tertiary alicyclic amines) is 1. The van der Waals surface area contributed by atoms with Crippen molar-refractivity contribution in [1.82, 2.24) is 9.80 Å². The van der Waals surface area contributed by atoms with Crippen LogP contribution in [0.3, 0.4) is 0 Å². The van der Waals surface area contributed by atoms with E-state index < -0.39 is 17.7 Å². The van der Waals surface area contributed by atoms with Gasteiger partial charge < -0.3 is 19.5 Å². The van der Waals surface area contributed by atoms with Gasteiger partial charge in [-0.1, -0.05) is 23.7 Å². The van der Waals surface area contributed by atoms with E-state index in [2.05, 4.69) is 4.90 Å². The smallest absolute Gasteiger partial charge is 0.295 e. The molecule has 1 N–H and O–H groups in total. The van der Waals surface area contributed by atoms with Gasteiger partial charge in [0, 0.05) is 43.2 Å². The molecule has 2 unspecified atom stereocenters. The number of amides is 1. The predicted molar refractivity (Wildman–Crippen MR) is 133 cm³/mol. The number of carbonyl (C=O) groups is 2. The van der Waals surface area contributed by atoms with E-state index >= 15 is 0 Å². The maximum Gasteiger partial charge on any atom is 0.295 e. The number of fused-ring (bicyclic) bond motifs is 1. The number of carbonyl (C=O) groups excluding carboxylic acids is 2. The number of aliphatic hydroxyl groups is 1. The Morgan fingerprint density at radius 1 is 1.09 bits per heavy atom. The molecule has 35 heavy (non-hydrogen) atoms. The summed E-state index contributed by atoms with van der Waals surface area (Å²) in [6.45, 7) is 6.34. The quantitative estimate of drug-likeness (QED) is 0.372. The number of Topliss-reactive ketones (excluding diaryl/α,β-unsaturated/α-hetero) is 1. The minimum Gasteiger partial charge on any atom is -0.507 e. The van der Waals surface area contributed by atoms with Crippen LogP contribution in [0.4, 0.5) is 0 Å². The van der Waals surface area contributed by atoms with Gasteiger partial charge >= 0.3 is 0 Å². The van der Waals surface area contributed by atoms with Gasteiger partial charge in [-0.3, -0.25) is 14.5 Å². The van der Waals surface area contributed by atoms with Gasteiger partial charge in [0.1, 0.15) is 17.6 Å². The molecule has 5 rings (SSSR count). The van der Waals surface area contributed by atoms with E-state index in [0.717, 1.165) is 42.9 Å². The van der Waals surface area contributed by atoms with Crippen LogP contribution in [0, 0.1) is 0 Å². The lowest BCUT2D eigenvalue weighted by Crippen LogP contribution is -2.38. The van der Waals surface area contributed by atoms with Crippen molar-refractivity contribution in [1.29, 1.82) is 0 Å². The van der Waals surface area contributed by atoms with Gasteiger partial charge in [0.05, 0.1) is 24.8 Å². The summed E-state index contributed by atoms with van der Waals surface area (Å²) in [6, 6.07) is 11.8. The topological polar surface area (TPSA) is 79.3 Å². The molecule has 7 nitrogen and oxygen atoms in total. The Bertz CT molecular complexity index is 1160. The number of rotatable bonds is 6. The Morgan fingerprint density at radius 3 is 2.57 bits per heavy atom. The summed E-state index contributed by atoms with van der Waals surface area (Å²) in [7, 11) is 0. The Morgan fingerprint density at radius 2 is 1.83 bits per heavy atom. The Balaban J connectivity index is 1.47. The summed E-state index contributed by atoms with van der Waals surface area (Å²) >= 11 is 6.11. The highest BCUT2D eigenvalue weighted by Crippen LogP contribution is 2.41. The molecule has 0 spiro atoms. The molecule has 2 aromatic carbocycles. The second-order valence-electron chi connectivity index (χ2n) is 9.31. The van der Waals surface area contributed by atoms with E-state index in [9.17, 15) is 14.7 Å². The van der Waals surface area contributed by atoms with E-state index in [4.69, 9.17) is 21.1 Å². The molecule has 3 heterocycles. The molecule has 0 aliphatic carbocycles. The third kappa shape index (κ3) is 4.81. The molecule has 0 radical (unpaired) electrons. The van der Waals surface area contributed by atoms with Crippen LogP contribution in [0.25, 0.3) is 5.76 Å². The van der Waals surface area contributed by atoms with Crippen molar-refractivity contribution in [3.8, 4) is 5.75 Å². The van der Waals surface area contributed by atoms with Gasteiger partial charge in [0.25, 0.3) is 11.7 Å². The van der Waals surface area contributed by atoms with Crippen molar-refractivity contribution >= 4 is 29.1 Å². The Labute approximate surface area is 209 Å². The molecule has 2 saturated heterocycles. The Kier molecular flexibility index (Phi) is 6.82. The Hall–Kier alpha value is -2.87. The lowest BCUT2D eigenvalue weighted by molar-refractivity contribution is -0.140. The third-order valence-electron chi connectivity index (χ3n) is 6.87. The van der Waals surface area contributed by atoms with Crippen molar-refractivity contribution in [3.05, 3.63) is 69.8 Å². The zero-order valence-corrected chi connectivity index (χ0v) is 20.5. The fraction of sp³-hybridized carbons (Fsp3) is 0.407. The molecule has 0 saturated carbocycles. The monoisotopic (exact) mass is 496 g/mol. The standard InChI is InChI=1S/C27H29ClN2O5/c1-17-15-20-16-19(5-8-22(20)35-17)25(31)23-24(18-3-6-21(28)7-4-18)30(27(33)26(23)32)10-2-9-29-11-13-34-14-12-29/h3-8,16-17,24,31H,2,9-15H2,1H3. The summed E-state index contributed by atoms with van der Waals surface area (Å²) < 4.78 is 11.2. The molecular weight excluding hydrogens is 468 g/mol. The number of aliphatic hydroxyl groups excluding tert-OH is 1. The van der Waals surface area contributed by atoms with Crippen LogP contribution in [0.2, 0.25) is 5.02 Å². The summed E-state index contributed by atoms with van der Waals surface area (Å²) in [5, 5.41) is 11.9. The van der Waals surface area contributed by atoms with Gasteiger partial charge in [-0.05, 0) is 54.8 Å². The van der Waals surface area contributed by atoms with E-state index in [1.165, 1.54) is 0 Å². The normalized spacial score (nSPS) is 24.0. The number of benzene rings is 2. The second-order valence-corrected chi connectivity index (χ2v) is 9.74. The zero-order chi connectivity index (χ0) is 24.5. The first-order valence-corrected chi connectivity index (χ1v) is 12.4. The van der Waals surface area contributed by atoms with Crippen LogP contribution in [0.1, 0.15) is 36.1 Å². The molecule has 0 bridgehead atoms. The van der Waals surface area contributed by atoms with E-state index in [1.54, 1.807) is 35.2 Å². The van der Waals surface area contributed by atoms with Crippen LogP contribution in [0.15, 0.2) is 48.0 Å². The summed E-state index contributed by atoms with van der Waals surface area (Å²) in [5.74, 6) is -0.640. The summed E-state index contributed by atoms with van der Waals surface area (Å²) in [4.78, 5) is 30.3. The lowest BCUT2D eigenvalue weighted by atomic mass is 9.94. The van der Waals surface area contributed by atoms with E-state index in [0.29, 0.717) is 36.8 Å². The highest BCUT2D eigenvalue weighted by molar-refractivity contribution is 6.46. The third-order valence-corrected chi connectivity index (χ3v) is 7.12. The predicted octanol–water partition coefficient (Wildman–Crippen LogP) is 3.81. The van der Waals surface area contributed by atoms with Crippen molar-refractivity contribution in [2.45, 2.75) is 31.9 Å². The summed E-state index contributed by atoms with van der Waals surface area (Å²) in [5.41, 5.74) is 2.33. The zero-order valence-electron chi connectivity index (χ0n) is 19.7. The number of nitrogens with zero attached hydrogens (tertiary/aromatic N) is 2. The number of halogens is 1. The van der Waals surface area contributed by atoms with Gasteiger partial charge in [-0.2, -0.15) is 0 Å². The molecular formula is C27H29ClN2O5. The van der Waals surface area contributed by atoms with Crippen molar-refractivity contribution in [2.75, 3.05) is 39.4 Å². The van der Waals surface area contributed by atoms with E-state index in [-0.39, 0.29) is 17.4 Å². The molecule has 3 aliphatic rings. The SMILES string of the molecule is CC1Cc2cc(C(O)=C3C(=O)C(=O)N(CCCN4CCOCC4)C3c3ccc(Cl)cc3)ccc2O1. The van der Waals surface area contributed by atoms with Crippen LogP contribution >= 0.6 is 11.6 Å². The van der Waals surface area contributed by atoms with Crippen molar-refractivity contribution in [3.63, 3.8) is 0 Å². The fourth-order valence-electron chi connectivity index (χ4n) is 5.12. The van der Waals surface area contributed by atoms with Crippen LogP contribution < -0.4 is 4.74 Å². The number of hydrogen-bond donors (Lipinski definition) is 1. The van der Waals surface area contributed by atoms with Gasteiger partial charge in [-0.15, -0.1) is 0 Å². The number of ether oxygens (including phenoxy) is 2. The number of morpholine rings is 1. The highest BCUT2D eigenvalue weighted by Gasteiger charge is 2.46. The van der Waals surface area contributed by atoms with Crippen LogP contribution in [-0.2, 0) is 20.7 Å². The highest BCUT2D eigenvalue weighted by atomic mass is 35.5. The maximum absolute atomic E-state index is 13.2. The minimum absolute atomic E-state index is 0.0634. The molecule has 1 amide bonds. The first kappa shape index (κ1) is 23.9. The molecule has 8 heteroatoms. The number of ketones is 1. The first-order chi connectivity index (χ1) is 16.9. The average molecular weight is 497 g/mol. The molecule has 2 fully saturated rings. The summed E-state index contributed by atoms with van der Waals surface area (Å²) in [6.07, 6.45) is 1.51. The van der Waals surface area contributed by atoms with Gasteiger partial charge in [0.15, 0.2) is 0 Å². The second kappa shape index (κ2) is 10.0. The van der Waals surface area contributed by atoms with Crippen molar-refractivity contribution < 1.29 is 24.2 Å². The van der Waals surface area contributed by atoms with Crippen molar-refractivity contribution in [2.24, 2.45) is 0 Å². The molecule has 3 aliphatic heterocycles. The first-order valence-electron chi connectivity index (χ1n) is 12.1. The maximum atomic E-state index is 13.2. The van der Waals surface area contributed by atoms with Crippen LogP contribution in [0.5, 0.6) is 5.75 Å². The van der Waals surface area contributed by atoms with Crippen LogP contribution in [-0.4, -0.2) is 72.1 Å². The number of hydrogen-bond acceptors (Lipinski definition) is 6. The minimum atomic E-state index is -0.680. The molecule has 184 valence electrons. The van der Waals surface area contributed by atoms with E-state index in [1.807, 2.05) is 19.1 Å². The van der Waals surface area contributed by atoms with Gasteiger partial charge in [-0.25, -0.2) is 0 Å². The molecule has 2 aromatic rings. The lowest BCUT2D eigenvalue weighted by Gasteiger charge is -2.29. The largest absolute Gasteiger partial charge is 0.507 e. The fourth-order valence-corrected chi connectivity index (χ4v) is 5.24. The van der Waals surface area contributed by atoms with Gasteiger partial charge in [0.2, 0.25) is 0 Å². The molecule has 0 aromatic heterocycles.